The first-order valence-corrected chi connectivity index (χ1v) is 9.52. The van der Waals surface area contributed by atoms with E-state index in [1.165, 1.54) is 0 Å². The van der Waals surface area contributed by atoms with Crippen LogP contribution in [-0.4, -0.2) is 17.5 Å². The molecular formula is C23H19ClN2O3. The Morgan fingerprint density at radius 1 is 1.10 bits per heavy atom. The van der Waals surface area contributed by atoms with Crippen LogP contribution in [0.25, 0.3) is 22.6 Å². The van der Waals surface area contributed by atoms with Crippen molar-refractivity contribution in [2.45, 2.75) is 13.8 Å². The Hall–Kier alpha value is -3.31. The number of rotatable bonds is 5. The van der Waals surface area contributed by atoms with Crippen molar-refractivity contribution >= 4 is 34.3 Å². The minimum absolute atomic E-state index is 0.0749. The highest BCUT2D eigenvalue weighted by Crippen LogP contribution is 2.27. The Morgan fingerprint density at radius 2 is 1.97 bits per heavy atom. The van der Waals surface area contributed by atoms with Gasteiger partial charge >= 0.3 is 0 Å². The van der Waals surface area contributed by atoms with Gasteiger partial charge in [-0.1, -0.05) is 35.4 Å². The summed E-state index contributed by atoms with van der Waals surface area (Å²) in [5, 5.41) is 3.44. The van der Waals surface area contributed by atoms with Gasteiger partial charge < -0.3 is 14.5 Å². The van der Waals surface area contributed by atoms with Crippen molar-refractivity contribution in [3.63, 3.8) is 0 Å². The standard InChI is InChI=1S/C23H19ClN2O3/c1-14-6-8-20(15(2)10-14)28-13-22(27)25-18-7-9-21-19(12-18)26-23(29-21)16-4-3-5-17(24)11-16/h3-12H,13H2,1-2H3,(H,25,27). The molecular weight excluding hydrogens is 388 g/mol. The molecule has 6 heteroatoms. The van der Waals surface area contributed by atoms with Crippen LogP contribution >= 0.6 is 11.6 Å². The number of fused-ring (bicyclic) bond motifs is 1. The molecule has 5 nitrogen and oxygen atoms in total. The van der Waals surface area contributed by atoms with Crippen molar-refractivity contribution in [1.82, 2.24) is 4.98 Å². The normalized spacial score (nSPS) is 10.9. The molecule has 0 bridgehead atoms. The molecule has 4 rings (SSSR count). The average molecular weight is 407 g/mol. The third-order valence-electron chi connectivity index (χ3n) is 4.43. The number of benzene rings is 3. The van der Waals surface area contributed by atoms with E-state index in [-0.39, 0.29) is 12.5 Å². The molecule has 29 heavy (non-hydrogen) atoms. The first kappa shape index (κ1) is 19.0. The zero-order valence-electron chi connectivity index (χ0n) is 16.0. The molecule has 0 saturated carbocycles. The summed E-state index contributed by atoms with van der Waals surface area (Å²) >= 11 is 6.04. The summed E-state index contributed by atoms with van der Waals surface area (Å²) in [5.41, 5.74) is 4.84. The predicted molar refractivity (Wildman–Crippen MR) is 114 cm³/mol. The monoisotopic (exact) mass is 406 g/mol. The molecule has 1 amide bonds. The number of ether oxygens (including phenoxy) is 1. The summed E-state index contributed by atoms with van der Waals surface area (Å²) in [6, 6.07) is 18.5. The van der Waals surface area contributed by atoms with E-state index in [2.05, 4.69) is 10.3 Å². The maximum atomic E-state index is 12.3. The zero-order valence-corrected chi connectivity index (χ0v) is 16.8. The minimum Gasteiger partial charge on any atom is -0.483 e. The maximum absolute atomic E-state index is 12.3. The molecule has 1 N–H and O–H groups in total. The number of anilines is 1. The molecule has 4 aromatic rings. The second kappa shape index (κ2) is 7.97. The Bertz CT molecular complexity index is 1200. The van der Waals surface area contributed by atoms with Crippen LogP contribution in [-0.2, 0) is 4.79 Å². The van der Waals surface area contributed by atoms with Crippen molar-refractivity contribution in [2.24, 2.45) is 0 Å². The average Bonchev–Trinajstić information content (AvgIpc) is 3.11. The number of halogens is 1. The van der Waals surface area contributed by atoms with Gasteiger partial charge in [-0.3, -0.25) is 4.79 Å². The molecule has 0 atom stereocenters. The number of aryl methyl sites for hydroxylation is 2. The second-order valence-electron chi connectivity index (χ2n) is 6.82. The first-order valence-electron chi connectivity index (χ1n) is 9.14. The fourth-order valence-corrected chi connectivity index (χ4v) is 3.24. The SMILES string of the molecule is Cc1ccc(OCC(=O)Nc2ccc3oc(-c4cccc(Cl)c4)nc3c2)c(C)c1. The van der Waals surface area contributed by atoms with Crippen LogP contribution in [0.15, 0.2) is 65.1 Å². The highest BCUT2D eigenvalue weighted by atomic mass is 35.5. The van der Waals surface area contributed by atoms with Crippen LogP contribution in [0.4, 0.5) is 5.69 Å². The van der Waals surface area contributed by atoms with Gasteiger partial charge in [0.1, 0.15) is 11.3 Å². The smallest absolute Gasteiger partial charge is 0.262 e. The van der Waals surface area contributed by atoms with Crippen molar-refractivity contribution in [2.75, 3.05) is 11.9 Å². The van der Waals surface area contributed by atoms with Gasteiger partial charge in [0.2, 0.25) is 5.89 Å². The maximum Gasteiger partial charge on any atom is 0.262 e. The van der Waals surface area contributed by atoms with Crippen molar-refractivity contribution in [1.29, 1.82) is 0 Å². The van der Waals surface area contributed by atoms with Crippen molar-refractivity contribution in [3.05, 3.63) is 76.8 Å². The topological polar surface area (TPSA) is 64.4 Å². The quantitative estimate of drug-likeness (QED) is 0.456. The minimum atomic E-state index is -0.247. The largest absolute Gasteiger partial charge is 0.483 e. The number of carbonyl (C=O) groups excluding carboxylic acids is 1. The predicted octanol–water partition coefficient (Wildman–Crippen LogP) is 5.78. The third-order valence-corrected chi connectivity index (χ3v) is 4.67. The fraction of sp³-hybridized carbons (Fsp3) is 0.130. The number of nitrogens with zero attached hydrogens (tertiary/aromatic N) is 1. The summed E-state index contributed by atoms with van der Waals surface area (Å²) in [7, 11) is 0. The van der Waals surface area contributed by atoms with Crippen LogP contribution in [0.2, 0.25) is 5.02 Å². The molecule has 0 aliphatic heterocycles. The van der Waals surface area contributed by atoms with Crippen LogP contribution in [0.5, 0.6) is 5.75 Å². The van der Waals surface area contributed by atoms with Crippen LogP contribution in [0.3, 0.4) is 0 Å². The molecule has 146 valence electrons. The van der Waals surface area contributed by atoms with Gasteiger partial charge in [-0.2, -0.15) is 0 Å². The summed E-state index contributed by atoms with van der Waals surface area (Å²) in [4.78, 5) is 16.8. The molecule has 0 saturated heterocycles. The van der Waals surface area contributed by atoms with Crippen molar-refractivity contribution < 1.29 is 13.9 Å². The van der Waals surface area contributed by atoms with E-state index in [0.717, 1.165) is 16.7 Å². The van der Waals surface area contributed by atoms with E-state index in [1.807, 2.05) is 44.2 Å². The lowest BCUT2D eigenvalue weighted by Gasteiger charge is -2.10. The Morgan fingerprint density at radius 3 is 2.76 bits per heavy atom. The van der Waals surface area contributed by atoms with Gasteiger partial charge in [-0.05, 0) is 61.9 Å². The zero-order chi connectivity index (χ0) is 20.4. The van der Waals surface area contributed by atoms with E-state index in [4.69, 9.17) is 20.8 Å². The Balaban J connectivity index is 1.46. The van der Waals surface area contributed by atoms with E-state index >= 15 is 0 Å². The fourth-order valence-electron chi connectivity index (χ4n) is 3.05. The van der Waals surface area contributed by atoms with E-state index < -0.39 is 0 Å². The number of nitrogens with one attached hydrogen (secondary N) is 1. The van der Waals surface area contributed by atoms with Gasteiger partial charge in [0, 0.05) is 16.3 Å². The molecule has 1 aromatic heterocycles. The molecule has 3 aromatic carbocycles. The van der Waals surface area contributed by atoms with Gasteiger partial charge in [-0.15, -0.1) is 0 Å². The second-order valence-corrected chi connectivity index (χ2v) is 7.25. The molecule has 0 aliphatic carbocycles. The van der Waals surface area contributed by atoms with E-state index in [9.17, 15) is 4.79 Å². The van der Waals surface area contributed by atoms with Gasteiger partial charge in [0.25, 0.3) is 5.91 Å². The summed E-state index contributed by atoms with van der Waals surface area (Å²) in [6.07, 6.45) is 0. The highest BCUT2D eigenvalue weighted by molar-refractivity contribution is 6.30. The van der Waals surface area contributed by atoms with Gasteiger partial charge in [0.15, 0.2) is 12.2 Å². The summed E-state index contributed by atoms with van der Waals surface area (Å²) in [6.45, 7) is 3.89. The van der Waals surface area contributed by atoms with Crippen molar-refractivity contribution in [3.8, 4) is 17.2 Å². The van der Waals surface area contributed by atoms with Crippen LogP contribution < -0.4 is 10.1 Å². The first-order chi connectivity index (χ1) is 14.0. The lowest BCUT2D eigenvalue weighted by Crippen LogP contribution is -2.20. The molecule has 0 fully saturated rings. The number of oxazole rings is 1. The van der Waals surface area contributed by atoms with E-state index in [0.29, 0.717) is 33.4 Å². The van der Waals surface area contributed by atoms with Gasteiger partial charge in [0.05, 0.1) is 0 Å². The number of hydrogen-bond acceptors (Lipinski definition) is 4. The van der Waals surface area contributed by atoms with Gasteiger partial charge in [-0.25, -0.2) is 4.98 Å². The van der Waals surface area contributed by atoms with Crippen LogP contribution in [0.1, 0.15) is 11.1 Å². The van der Waals surface area contributed by atoms with E-state index in [1.54, 1.807) is 30.3 Å². The molecule has 0 radical (unpaired) electrons. The molecule has 0 spiro atoms. The number of amides is 1. The number of hydrogen-bond donors (Lipinski definition) is 1. The molecule has 0 aliphatic rings. The Kier molecular flexibility index (Phi) is 5.23. The lowest BCUT2D eigenvalue weighted by atomic mass is 10.1. The van der Waals surface area contributed by atoms with Crippen LogP contribution in [0, 0.1) is 13.8 Å². The summed E-state index contributed by atoms with van der Waals surface area (Å²) < 4.78 is 11.4. The highest BCUT2D eigenvalue weighted by Gasteiger charge is 2.11. The summed E-state index contributed by atoms with van der Waals surface area (Å²) in [5.74, 6) is 0.927. The molecule has 1 heterocycles. The number of carbonyl (C=O) groups is 1. The third kappa shape index (κ3) is 4.41. The Labute approximate surface area is 173 Å². The molecule has 0 unspecified atom stereocenters. The lowest BCUT2D eigenvalue weighted by molar-refractivity contribution is -0.118. The number of aromatic nitrogens is 1.